The lowest BCUT2D eigenvalue weighted by Gasteiger charge is -2.12. The zero-order valence-electron chi connectivity index (χ0n) is 8.02. The zero-order valence-corrected chi connectivity index (χ0v) is 8.02. The van der Waals surface area contributed by atoms with Gasteiger partial charge in [-0.2, -0.15) is 0 Å². The second-order valence-electron chi connectivity index (χ2n) is 4.31. The minimum absolute atomic E-state index is 0.00851. The molecular formula is C11H10FNO2. The molecule has 2 bridgehead atoms. The van der Waals surface area contributed by atoms with Gasteiger partial charge in [0, 0.05) is 24.0 Å². The maximum atomic E-state index is 13.7. The summed E-state index contributed by atoms with van der Waals surface area (Å²) >= 11 is 0. The fraction of sp³-hybridized carbons (Fsp3) is 0.455. The van der Waals surface area contributed by atoms with Crippen LogP contribution in [0.25, 0.3) is 0 Å². The summed E-state index contributed by atoms with van der Waals surface area (Å²) in [5, 5.41) is 10.6. The van der Waals surface area contributed by atoms with Crippen molar-refractivity contribution in [1.29, 1.82) is 0 Å². The molecule has 4 heteroatoms. The average molecular weight is 207 g/mol. The van der Waals surface area contributed by atoms with Gasteiger partial charge < -0.3 is 0 Å². The van der Waals surface area contributed by atoms with Crippen LogP contribution < -0.4 is 0 Å². The average Bonchev–Trinajstić information content (AvgIpc) is 2.72. The van der Waals surface area contributed by atoms with Gasteiger partial charge in [0.05, 0.1) is 4.92 Å². The Kier molecular flexibility index (Phi) is 1.63. The minimum atomic E-state index is -0.818. The molecule has 0 saturated heterocycles. The van der Waals surface area contributed by atoms with Gasteiger partial charge in [0.1, 0.15) is 6.17 Å². The third-order valence-corrected chi connectivity index (χ3v) is 3.64. The molecule has 0 spiro atoms. The highest BCUT2D eigenvalue weighted by atomic mass is 19.1. The lowest BCUT2D eigenvalue weighted by atomic mass is 9.91. The van der Waals surface area contributed by atoms with Gasteiger partial charge in [-0.25, -0.2) is 4.39 Å². The van der Waals surface area contributed by atoms with Crippen molar-refractivity contribution in [3.8, 4) is 0 Å². The van der Waals surface area contributed by atoms with E-state index in [0.29, 0.717) is 0 Å². The second-order valence-corrected chi connectivity index (χ2v) is 4.31. The molecule has 0 heterocycles. The van der Waals surface area contributed by atoms with Crippen LogP contribution in [0.5, 0.6) is 0 Å². The van der Waals surface area contributed by atoms with Gasteiger partial charge in [0.2, 0.25) is 0 Å². The molecule has 1 aromatic carbocycles. The van der Waals surface area contributed by atoms with Crippen LogP contribution in [0.2, 0.25) is 0 Å². The number of rotatable bonds is 1. The highest BCUT2D eigenvalue weighted by Crippen LogP contribution is 2.55. The molecule has 3 rings (SSSR count). The van der Waals surface area contributed by atoms with Crippen LogP contribution in [0.15, 0.2) is 18.2 Å². The van der Waals surface area contributed by atoms with Crippen LogP contribution in [0, 0.1) is 10.1 Å². The molecule has 1 saturated carbocycles. The van der Waals surface area contributed by atoms with E-state index in [1.807, 2.05) is 0 Å². The quantitative estimate of drug-likeness (QED) is 0.525. The van der Waals surface area contributed by atoms with Gasteiger partial charge in [-0.05, 0) is 24.0 Å². The molecule has 2 aliphatic carbocycles. The van der Waals surface area contributed by atoms with Gasteiger partial charge in [-0.3, -0.25) is 10.1 Å². The number of nitrogens with zero attached hydrogens (tertiary/aromatic N) is 1. The third kappa shape index (κ3) is 1.05. The smallest absolute Gasteiger partial charge is 0.258 e. The summed E-state index contributed by atoms with van der Waals surface area (Å²) in [6.45, 7) is 0. The summed E-state index contributed by atoms with van der Waals surface area (Å²) in [7, 11) is 0. The number of nitro groups is 1. The molecule has 3 nitrogen and oxygen atoms in total. The molecule has 3 atom stereocenters. The van der Waals surface area contributed by atoms with Crippen molar-refractivity contribution in [1.82, 2.24) is 0 Å². The normalized spacial score (nSPS) is 31.7. The zero-order chi connectivity index (χ0) is 10.6. The highest BCUT2D eigenvalue weighted by Gasteiger charge is 2.46. The maximum Gasteiger partial charge on any atom is 0.269 e. The molecule has 78 valence electrons. The molecule has 15 heavy (non-hydrogen) atoms. The first-order valence-corrected chi connectivity index (χ1v) is 5.11. The maximum absolute atomic E-state index is 13.7. The molecule has 0 radical (unpaired) electrons. The molecule has 0 unspecified atom stereocenters. The van der Waals surface area contributed by atoms with E-state index >= 15 is 0 Å². The van der Waals surface area contributed by atoms with Crippen LogP contribution in [-0.4, -0.2) is 11.1 Å². The first-order valence-electron chi connectivity index (χ1n) is 5.11. The summed E-state index contributed by atoms with van der Waals surface area (Å²) in [4.78, 5) is 10.2. The Morgan fingerprint density at radius 1 is 1.27 bits per heavy atom. The van der Waals surface area contributed by atoms with Crippen molar-refractivity contribution >= 4 is 5.69 Å². The predicted octanol–water partition coefficient (Wildman–Crippen LogP) is 2.91. The van der Waals surface area contributed by atoms with Crippen LogP contribution in [-0.2, 0) is 0 Å². The van der Waals surface area contributed by atoms with Crippen LogP contribution in [0.1, 0.15) is 35.8 Å². The summed E-state index contributed by atoms with van der Waals surface area (Å²) in [5.74, 6) is -0.101. The largest absolute Gasteiger partial charge is 0.269 e. The molecule has 2 aliphatic rings. The van der Waals surface area contributed by atoms with Crippen molar-refractivity contribution in [2.45, 2.75) is 30.8 Å². The van der Waals surface area contributed by atoms with Crippen LogP contribution >= 0.6 is 0 Å². The SMILES string of the molecule is O=[N+]([O-])c1ccc2c(c1)[C@H]1CC[C@@H]2[C@@H]1F. The fourth-order valence-corrected chi connectivity index (χ4v) is 2.95. The Morgan fingerprint density at radius 2 is 1.93 bits per heavy atom. The van der Waals surface area contributed by atoms with E-state index < -0.39 is 11.1 Å². The standard InChI is InChI=1S/C11H10FNO2/c12-11-8-3-4-9(11)10-5-6(13(14)15)1-2-7(8)10/h1-2,5,8-9,11H,3-4H2/t8-,9+,11-/m0/s1. The number of nitro benzene ring substituents is 1. The van der Waals surface area contributed by atoms with Gasteiger partial charge in [0.25, 0.3) is 5.69 Å². The fourth-order valence-electron chi connectivity index (χ4n) is 2.95. The van der Waals surface area contributed by atoms with Crippen molar-refractivity contribution in [3.63, 3.8) is 0 Å². The molecule has 1 fully saturated rings. The van der Waals surface area contributed by atoms with E-state index in [-0.39, 0.29) is 17.5 Å². The Hall–Kier alpha value is -1.45. The number of alkyl halides is 1. The van der Waals surface area contributed by atoms with Crippen molar-refractivity contribution in [2.75, 3.05) is 0 Å². The Balaban J connectivity index is 2.12. The Labute approximate surface area is 86.1 Å². The van der Waals surface area contributed by atoms with Gasteiger partial charge in [-0.1, -0.05) is 6.07 Å². The van der Waals surface area contributed by atoms with Gasteiger partial charge >= 0.3 is 0 Å². The molecule has 0 N–H and O–H groups in total. The first kappa shape index (κ1) is 8.83. The first-order chi connectivity index (χ1) is 7.18. The van der Waals surface area contributed by atoms with Crippen molar-refractivity contribution in [3.05, 3.63) is 39.4 Å². The van der Waals surface area contributed by atoms with Crippen LogP contribution in [0.4, 0.5) is 10.1 Å². The molecule has 1 aromatic rings. The second kappa shape index (κ2) is 2.78. The summed E-state index contributed by atoms with van der Waals surface area (Å²) in [5.41, 5.74) is 1.94. The predicted molar refractivity (Wildman–Crippen MR) is 52.7 cm³/mol. The number of hydrogen-bond acceptors (Lipinski definition) is 2. The van der Waals surface area contributed by atoms with E-state index in [1.54, 1.807) is 12.1 Å². The monoisotopic (exact) mass is 207 g/mol. The summed E-state index contributed by atoms with van der Waals surface area (Å²) in [6.07, 6.45) is 0.901. The van der Waals surface area contributed by atoms with E-state index in [2.05, 4.69) is 0 Å². The van der Waals surface area contributed by atoms with E-state index in [1.165, 1.54) is 6.07 Å². The van der Waals surface area contributed by atoms with Crippen molar-refractivity contribution < 1.29 is 9.31 Å². The number of non-ortho nitro benzene ring substituents is 1. The van der Waals surface area contributed by atoms with Crippen molar-refractivity contribution in [2.24, 2.45) is 0 Å². The molecule has 0 amide bonds. The topological polar surface area (TPSA) is 43.1 Å². The van der Waals surface area contributed by atoms with Gasteiger partial charge in [-0.15, -0.1) is 0 Å². The third-order valence-electron chi connectivity index (χ3n) is 3.64. The highest BCUT2D eigenvalue weighted by molar-refractivity contribution is 5.49. The minimum Gasteiger partial charge on any atom is -0.258 e. The molecular weight excluding hydrogens is 197 g/mol. The number of benzene rings is 1. The summed E-state index contributed by atoms with van der Waals surface area (Å²) < 4.78 is 13.7. The number of halogens is 1. The number of fused-ring (bicyclic) bond motifs is 5. The lowest BCUT2D eigenvalue weighted by Crippen LogP contribution is -2.01. The molecule has 0 aromatic heterocycles. The number of hydrogen-bond donors (Lipinski definition) is 0. The van der Waals surface area contributed by atoms with E-state index in [9.17, 15) is 14.5 Å². The van der Waals surface area contributed by atoms with E-state index in [4.69, 9.17) is 0 Å². The van der Waals surface area contributed by atoms with Gasteiger partial charge in [0.15, 0.2) is 0 Å². The Morgan fingerprint density at radius 3 is 2.60 bits per heavy atom. The molecule has 0 aliphatic heterocycles. The van der Waals surface area contributed by atoms with Crippen LogP contribution in [0.3, 0.4) is 0 Å². The van der Waals surface area contributed by atoms with E-state index in [0.717, 1.165) is 24.0 Å². The lowest BCUT2D eigenvalue weighted by molar-refractivity contribution is -0.384. The Bertz CT molecular complexity index is 446. The summed E-state index contributed by atoms with van der Waals surface area (Å²) in [6, 6.07) is 4.75.